The highest BCUT2D eigenvalue weighted by atomic mass is 19.4. The van der Waals surface area contributed by atoms with Crippen LogP contribution in [0.3, 0.4) is 0 Å². The Balaban J connectivity index is 1.68. The topological polar surface area (TPSA) is 51.2 Å². The number of carbonyl (C=O) groups excluding carboxylic acids is 1. The molecule has 4 nitrogen and oxygen atoms in total. The SMILES string of the molecule is O=C(Nc1cccnc1OCc1ccc(C(F)(F)F)cc1)c1ccccc1. The molecule has 0 spiro atoms. The normalized spacial score (nSPS) is 11.1. The minimum Gasteiger partial charge on any atom is -0.471 e. The summed E-state index contributed by atoms with van der Waals surface area (Å²) in [6.07, 6.45) is -2.88. The molecule has 138 valence electrons. The maximum Gasteiger partial charge on any atom is 0.416 e. The molecule has 0 saturated heterocycles. The van der Waals surface area contributed by atoms with Crippen molar-refractivity contribution >= 4 is 11.6 Å². The van der Waals surface area contributed by atoms with Crippen molar-refractivity contribution in [2.45, 2.75) is 12.8 Å². The smallest absolute Gasteiger partial charge is 0.416 e. The number of anilines is 1. The minimum atomic E-state index is -4.38. The molecule has 1 amide bonds. The molecule has 3 aromatic rings. The number of pyridine rings is 1. The molecule has 0 unspecified atom stereocenters. The third kappa shape index (κ3) is 4.84. The van der Waals surface area contributed by atoms with E-state index in [1.54, 1.807) is 42.5 Å². The monoisotopic (exact) mass is 372 g/mol. The van der Waals surface area contributed by atoms with Crippen molar-refractivity contribution in [2.24, 2.45) is 0 Å². The highest BCUT2D eigenvalue weighted by Gasteiger charge is 2.29. The Bertz CT molecular complexity index is 911. The number of amides is 1. The van der Waals surface area contributed by atoms with Crippen LogP contribution in [0.1, 0.15) is 21.5 Å². The lowest BCUT2D eigenvalue weighted by Gasteiger charge is -2.12. The first-order chi connectivity index (χ1) is 12.9. The van der Waals surface area contributed by atoms with Crippen LogP contribution >= 0.6 is 0 Å². The van der Waals surface area contributed by atoms with E-state index in [0.717, 1.165) is 12.1 Å². The molecule has 3 rings (SSSR count). The number of halogens is 3. The molecule has 2 aromatic carbocycles. The molecule has 1 aromatic heterocycles. The van der Waals surface area contributed by atoms with Crippen molar-refractivity contribution in [1.29, 1.82) is 0 Å². The second kappa shape index (κ2) is 7.90. The molecular weight excluding hydrogens is 357 g/mol. The van der Waals surface area contributed by atoms with Gasteiger partial charge in [0.15, 0.2) is 0 Å². The van der Waals surface area contributed by atoms with Gasteiger partial charge < -0.3 is 10.1 Å². The van der Waals surface area contributed by atoms with E-state index >= 15 is 0 Å². The van der Waals surface area contributed by atoms with Crippen molar-refractivity contribution in [1.82, 2.24) is 4.98 Å². The average Bonchev–Trinajstić information content (AvgIpc) is 2.67. The fourth-order valence-corrected chi connectivity index (χ4v) is 2.33. The molecule has 0 aliphatic carbocycles. The minimum absolute atomic E-state index is 0.0172. The van der Waals surface area contributed by atoms with E-state index in [9.17, 15) is 18.0 Å². The number of hydrogen-bond donors (Lipinski definition) is 1. The molecule has 7 heteroatoms. The highest BCUT2D eigenvalue weighted by Crippen LogP contribution is 2.29. The number of carbonyl (C=O) groups is 1. The summed E-state index contributed by atoms with van der Waals surface area (Å²) in [5.41, 5.74) is 0.683. The Hall–Kier alpha value is -3.35. The molecule has 27 heavy (non-hydrogen) atoms. The fraction of sp³-hybridized carbons (Fsp3) is 0.100. The number of hydrogen-bond acceptors (Lipinski definition) is 3. The van der Waals surface area contributed by atoms with Gasteiger partial charge in [0.1, 0.15) is 12.3 Å². The number of alkyl halides is 3. The van der Waals surface area contributed by atoms with E-state index < -0.39 is 11.7 Å². The Morgan fingerprint density at radius 2 is 1.67 bits per heavy atom. The predicted molar refractivity (Wildman–Crippen MR) is 94.4 cm³/mol. The van der Waals surface area contributed by atoms with E-state index in [2.05, 4.69) is 10.3 Å². The maximum absolute atomic E-state index is 12.6. The maximum atomic E-state index is 12.6. The predicted octanol–water partition coefficient (Wildman–Crippen LogP) is 4.93. The van der Waals surface area contributed by atoms with E-state index in [1.807, 2.05) is 0 Å². The van der Waals surface area contributed by atoms with Gasteiger partial charge >= 0.3 is 6.18 Å². The van der Waals surface area contributed by atoms with Crippen LogP contribution in [0, 0.1) is 0 Å². The van der Waals surface area contributed by atoms with Crippen molar-refractivity contribution in [3.05, 3.63) is 89.6 Å². The van der Waals surface area contributed by atoms with Crippen LogP contribution in [0.5, 0.6) is 5.88 Å². The summed E-state index contributed by atoms with van der Waals surface area (Å²) in [5, 5.41) is 2.72. The molecule has 1 heterocycles. The van der Waals surface area contributed by atoms with Gasteiger partial charge in [-0.1, -0.05) is 30.3 Å². The Labute approximate surface area is 153 Å². The molecular formula is C20H15F3N2O2. The number of ether oxygens (including phenoxy) is 1. The summed E-state index contributed by atoms with van der Waals surface area (Å²) >= 11 is 0. The largest absolute Gasteiger partial charge is 0.471 e. The summed E-state index contributed by atoms with van der Waals surface area (Å²) in [6.45, 7) is 0.0172. The summed E-state index contributed by atoms with van der Waals surface area (Å²) < 4.78 is 43.4. The number of nitrogens with one attached hydrogen (secondary N) is 1. The quantitative estimate of drug-likeness (QED) is 0.691. The van der Waals surface area contributed by atoms with E-state index in [4.69, 9.17) is 4.74 Å². The van der Waals surface area contributed by atoms with Gasteiger partial charge in [-0.2, -0.15) is 13.2 Å². The second-order valence-corrected chi connectivity index (χ2v) is 5.66. The molecule has 0 aliphatic heterocycles. The van der Waals surface area contributed by atoms with Gasteiger partial charge in [-0.15, -0.1) is 0 Å². The van der Waals surface area contributed by atoms with E-state index in [0.29, 0.717) is 16.8 Å². The van der Waals surface area contributed by atoms with Gasteiger partial charge in [-0.05, 0) is 42.0 Å². The molecule has 0 bridgehead atoms. The first kappa shape index (κ1) is 18.4. The first-order valence-corrected chi connectivity index (χ1v) is 8.04. The second-order valence-electron chi connectivity index (χ2n) is 5.66. The van der Waals surface area contributed by atoms with E-state index in [1.165, 1.54) is 18.3 Å². The zero-order valence-corrected chi connectivity index (χ0v) is 14.0. The van der Waals surface area contributed by atoms with Crippen molar-refractivity contribution in [3.8, 4) is 5.88 Å². The summed E-state index contributed by atoms with van der Waals surface area (Å²) in [6, 6.07) is 16.6. The van der Waals surface area contributed by atoms with Crippen molar-refractivity contribution in [3.63, 3.8) is 0 Å². The number of benzene rings is 2. The Morgan fingerprint density at radius 3 is 2.33 bits per heavy atom. The molecule has 0 saturated carbocycles. The third-order valence-corrected chi connectivity index (χ3v) is 3.71. The van der Waals surface area contributed by atoms with Gasteiger partial charge in [0.2, 0.25) is 5.88 Å². The van der Waals surface area contributed by atoms with Crippen LogP contribution < -0.4 is 10.1 Å². The lowest BCUT2D eigenvalue weighted by atomic mass is 10.1. The molecule has 0 aliphatic rings. The Morgan fingerprint density at radius 1 is 0.963 bits per heavy atom. The highest BCUT2D eigenvalue weighted by molar-refractivity contribution is 6.04. The standard InChI is InChI=1S/C20H15F3N2O2/c21-20(22,23)16-10-8-14(9-11-16)13-27-19-17(7-4-12-24-19)25-18(26)15-5-2-1-3-6-15/h1-12H,13H2,(H,25,26). The van der Waals surface area contributed by atoms with Crippen LogP contribution in [0.4, 0.5) is 18.9 Å². The fourth-order valence-electron chi connectivity index (χ4n) is 2.33. The summed E-state index contributed by atoms with van der Waals surface area (Å²) in [4.78, 5) is 16.4. The van der Waals surface area contributed by atoms with Gasteiger partial charge in [-0.25, -0.2) is 4.98 Å². The molecule has 0 fully saturated rings. The van der Waals surface area contributed by atoms with Gasteiger partial charge in [0, 0.05) is 11.8 Å². The molecule has 0 atom stereocenters. The van der Waals surface area contributed by atoms with Crippen molar-refractivity contribution in [2.75, 3.05) is 5.32 Å². The van der Waals surface area contributed by atoms with Crippen LogP contribution in [0.15, 0.2) is 72.9 Å². The van der Waals surface area contributed by atoms with Crippen LogP contribution in [0.25, 0.3) is 0 Å². The number of nitrogens with zero attached hydrogens (tertiary/aromatic N) is 1. The van der Waals surface area contributed by atoms with Crippen LogP contribution in [-0.4, -0.2) is 10.9 Å². The lowest BCUT2D eigenvalue weighted by Crippen LogP contribution is -2.13. The number of rotatable bonds is 5. The van der Waals surface area contributed by atoms with Gasteiger partial charge in [0.25, 0.3) is 5.91 Å². The zero-order valence-electron chi connectivity index (χ0n) is 14.0. The Kier molecular flexibility index (Phi) is 5.40. The number of aromatic nitrogens is 1. The first-order valence-electron chi connectivity index (χ1n) is 8.04. The molecule has 0 radical (unpaired) electrons. The molecule has 1 N–H and O–H groups in total. The summed E-state index contributed by atoms with van der Waals surface area (Å²) in [7, 11) is 0. The van der Waals surface area contributed by atoms with Gasteiger partial charge in [0.05, 0.1) is 5.56 Å². The third-order valence-electron chi connectivity index (χ3n) is 3.71. The van der Waals surface area contributed by atoms with Crippen molar-refractivity contribution < 1.29 is 22.7 Å². The summed E-state index contributed by atoms with van der Waals surface area (Å²) in [5.74, 6) is -0.135. The van der Waals surface area contributed by atoms with Gasteiger partial charge in [-0.3, -0.25) is 4.79 Å². The zero-order chi connectivity index (χ0) is 19.3. The van der Waals surface area contributed by atoms with E-state index in [-0.39, 0.29) is 18.4 Å². The van der Waals surface area contributed by atoms with Crippen LogP contribution in [0.2, 0.25) is 0 Å². The average molecular weight is 372 g/mol. The lowest BCUT2D eigenvalue weighted by molar-refractivity contribution is -0.137. The van der Waals surface area contributed by atoms with Crippen LogP contribution in [-0.2, 0) is 12.8 Å².